The summed E-state index contributed by atoms with van der Waals surface area (Å²) in [6, 6.07) is 23.6. The average molecular weight is 468 g/mol. The van der Waals surface area contributed by atoms with E-state index in [4.69, 9.17) is 0 Å². The van der Waals surface area contributed by atoms with Crippen molar-refractivity contribution >= 4 is 34.0 Å². The molecule has 4 aromatic rings. The summed E-state index contributed by atoms with van der Waals surface area (Å²) in [5.41, 5.74) is 6.47. The third kappa shape index (κ3) is 4.37. The zero-order valence-electron chi connectivity index (χ0n) is 19.0. The Morgan fingerprint density at radius 3 is 2.62 bits per heavy atom. The highest BCUT2D eigenvalue weighted by molar-refractivity contribution is 7.14. The van der Waals surface area contributed by atoms with Crippen LogP contribution in [0.5, 0.6) is 0 Å². The molecule has 2 heterocycles. The number of nitrogens with one attached hydrogen (secondary N) is 1. The first kappa shape index (κ1) is 22.0. The predicted octanol–water partition coefficient (Wildman–Crippen LogP) is 6.42. The Morgan fingerprint density at radius 2 is 1.79 bits per heavy atom. The molecule has 2 amide bonds. The molecule has 0 aliphatic carbocycles. The zero-order valence-corrected chi connectivity index (χ0v) is 19.8. The maximum absolute atomic E-state index is 13.1. The van der Waals surface area contributed by atoms with Crippen molar-refractivity contribution in [1.82, 2.24) is 4.98 Å². The first-order chi connectivity index (χ1) is 16.6. The van der Waals surface area contributed by atoms with Crippen LogP contribution in [0.2, 0.25) is 0 Å². The van der Waals surface area contributed by atoms with E-state index in [0.29, 0.717) is 17.1 Å². The van der Waals surface area contributed by atoms with Crippen LogP contribution in [0.15, 0.2) is 78.2 Å². The molecular formula is C28H25N3O2S. The van der Waals surface area contributed by atoms with Gasteiger partial charge in [-0.2, -0.15) is 0 Å². The number of anilines is 2. The zero-order chi connectivity index (χ0) is 23.5. The molecule has 1 N–H and O–H groups in total. The summed E-state index contributed by atoms with van der Waals surface area (Å²) in [5, 5.41) is 5.47. The van der Waals surface area contributed by atoms with Gasteiger partial charge in [-0.1, -0.05) is 61.5 Å². The van der Waals surface area contributed by atoms with Crippen molar-refractivity contribution in [2.45, 2.75) is 26.2 Å². The molecule has 6 heteroatoms. The van der Waals surface area contributed by atoms with Crippen LogP contribution in [0.4, 0.5) is 10.8 Å². The number of carbonyl (C=O) groups is 2. The molecule has 0 spiro atoms. The van der Waals surface area contributed by atoms with Crippen LogP contribution >= 0.6 is 11.3 Å². The van der Waals surface area contributed by atoms with Gasteiger partial charge in [0.05, 0.1) is 5.69 Å². The van der Waals surface area contributed by atoms with Gasteiger partial charge in [0.2, 0.25) is 5.91 Å². The molecular weight excluding hydrogens is 442 g/mol. The van der Waals surface area contributed by atoms with Gasteiger partial charge >= 0.3 is 0 Å². The first-order valence-corrected chi connectivity index (χ1v) is 12.4. The molecule has 1 aromatic heterocycles. The molecule has 1 aliphatic heterocycles. The number of aromatic nitrogens is 1. The highest BCUT2D eigenvalue weighted by Gasteiger charge is 2.24. The largest absolute Gasteiger partial charge is 0.312 e. The minimum atomic E-state index is -0.181. The van der Waals surface area contributed by atoms with E-state index in [2.05, 4.69) is 16.4 Å². The van der Waals surface area contributed by atoms with Crippen molar-refractivity contribution in [1.29, 1.82) is 0 Å². The average Bonchev–Trinajstić information content (AvgIpc) is 3.51. The summed E-state index contributed by atoms with van der Waals surface area (Å²) in [4.78, 5) is 32.0. The fraction of sp³-hybridized carbons (Fsp3) is 0.179. The number of hydrogen-bond donors (Lipinski definition) is 1. The fourth-order valence-electron chi connectivity index (χ4n) is 4.35. The van der Waals surface area contributed by atoms with E-state index in [9.17, 15) is 9.59 Å². The molecule has 5 rings (SSSR count). The number of amides is 2. The minimum Gasteiger partial charge on any atom is -0.312 e. The van der Waals surface area contributed by atoms with Gasteiger partial charge in [-0.05, 0) is 47.7 Å². The van der Waals surface area contributed by atoms with Gasteiger partial charge in [-0.3, -0.25) is 14.9 Å². The van der Waals surface area contributed by atoms with E-state index in [0.717, 1.165) is 53.0 Å². The molecule has 0 atom stereocenters. The second-order valence-electron chi connectivity index (χ2n) is 8.29. The van der Waals surface area contributed by atoms with E-state index < -0.39 is 0 Å². The van der Waals surface area contributed by atoms with Gasteiger partial charge < -0.3 is 4.90 Å². The molecule has 0 bridgehead atoms. The number of fused-ring (bicyclic) bond motifs is 1. The second kappa shape index (κ2) is 9.61. The van der Waals surface area contributed by atoms with Crippen LogP contribution in [0, 0.1) is 0 Å². The van der Waals surface area contributed by atoms with E-state index in [1.807, 2.05) is 83.9 Å². The Kier molecular flexibility index (Phi) is 6.23. The van der Waals surface area contributed by atoms with Gasteiger partial charge in [0.15, 0.2) is 5.13 Å². The summed E-state index contributed by atoms with van der Waals surface area (Å²) in [5.74, 6) is 0.00262. The normalized spacial score (nSPS) is 12.4. The Morgan fingerprint density at radius 1 is 1.00 bits per heavy atom. The van der Waals surface area contributed by atoms with E-state index in [-0.39, 0.29) is 11.8 Å². The Bertz CT molecular complexity index is 1350. The standard InChI is InChI=1S/C28H25N3O2S/c1-2-8-26(32)31-16-15-21-17-20(13-14-25(21)31)24-18-34-28(29-24)30-27(33)23-12-7-6-11-22(23)19-9-4-3-5-10-19/h3-7,9-14,17-18H,2,8,15-16H2,1H3,(H,29,30,33). The Hall–Kier alpha value is -3.77. The van der Waals surface area contributed by atoms with Gasteiger partial charge in [-0.25, -0.2) is 4.98 Å². The fourth-order valence-corrected chi connectivity index (χ4v) is 5.06. The lowest BCUT2D eigenvalue weighted by Gasteiger charge is -2.17. The summed E-state index contributed by atoms with van der Waals surface area (Å²) >= 11 is 1.41. The summed E-state index contributed by atoms with van der Waals surface area (Å²) < 4.78 is 0. The predicted molar refractivity (Wildman–Crippen MR) is 138 cm³/mol. The van der Waals surface area contributed by atoms with Crippen molar-refractivity contribution in [2.75, 3.05) is 16.8 Å². The molecule has 3 aromatic carbocycles. The summed E-state index contributed by atoms with van der Waals surface area (Å²) in [6.07, 6.45) is 2.28. The lowest BCUT2D eigenvalue weighted by Crippen LogP contribution is -2.28. The van der Waals surface area contributed by atoms with Crippen LogP contribution in [-0.4, -0.2) is 23.3 Å². The second-order valence-corrected chi connectivity index (χ2v) is 9.15. The first-order valence-electron chi connectivity index (χ1n) is 11.5. The molecule has 0 saturated carbocycles. The number of thiazole rings is 1. The van der Waals surface area contributed by atoms with E-state index in [1.54, 1.807) is 0 Å². The third-order valence-electron chi connectivity index (χ3n) is 6.02. The summed E-state index contributed by atoms with van der Waals surface area (Å²) in [6.45, 7) is 2.76. The molecule has 5 nitrogen and oxygen atoms in total. The molecule has 0 fully saturated rings. The highest BCUT2D eigenvalue weighted by Crippen LogP contribution is 2.34. The molecule has 34 heavy (non-hydrogen) atoms. The topological polar surface area (TPSA) is 62.3 Å². The van der Waals surface area contributed by atoms with Crippen molar-refractivity contribution in [3.63, 3.8) is 0 Å². The van der Waals surface area contributed by atoms with Crippen LogP contribution in [-0.2, 0) is 11.2 Å². The minimum absolute atomic E-state index is 0.181. The van der Waals surface area contributed by atoms with E-state index in [1.165, 1.54) is 11.3 Å². The molecule has 0 radical (unpaired) electrons. The number of carbonyl (C=O) groups excluding carboxylic acids is 2. The Labute approximate surface area is 203 Å². The van der Waals surface area contributed by atoms with Crippen molar-refractivity contribution < 1.29 is 9.59 Å². The molecule has 1 aliphatic rings. The quantitative estimate of drug-likeness (QED) is 0.356. The van der Waals surface area contributed by atoms with Gasteiger partial charge in [0.25, 0.3) is 5.91 Å². The van der Waals surface area contributed by atoms with Crippen molar-refractivity contribution in [2.24, 2.45) is 0 Å². The van der Waals surface area contributed by atoms with Gasteiger partial charge in [-0.15, -0.1) is 11.3 Å². The highest BCUT2D eigenvalue weighted by atomic mass is 32.1. The maximum atomic E-state index is 13.1. The number of rotatable bonds is 6. The molecule has 170 valence electrons. The van der Waals surface area contributed by atoms with Crippen molar-refractivity contribution in [3.8, 4) is 22.4 Å². The number of hydrogen-bond acceptors (Lipinski definition) is 4. The molecule has 0 saturated heterocycles. The number of nitrogens with zero attached hydrogens (tertiary/aromatic N) is 2. The molecule has 0 unspecified atom stereocenters. The number of benzene rings is 3. The lowest BCUT2D eigenvalue weighted by atomic mass is 9.99. The van der Waals surface area contributed by atoms with Gasteiger partial charge in [0.1, 0.15) is 0 Å². The third-order valence-corrected chi connectivity index (χ3v) is 6.77. The van der Waals surface area contributed by atoms with Gasteiger partial charge in [0, 0.05) is 35.2 Å². The van der Waals surface area contributed by atoms with E-state index >= 15 is 0 Å². The Balaban J connectivity index is 1.34. The van der Waals surface area contributed by atoms with Crippen LogP contribution in [0.25, 0.3) is 22.4 Å². The maximum Gasteiger partial charge on any atom is 0.258 e. The van der Waals surface area contributed by atoms with Crippen molar-refractivity contribution in [3.05, 3.63) is 89.3 Å². The van der Waals surface area contributed by atoms with Crippen LogP contribution < -0.4 is 10.2 Å². The lowest BCUT2D eigenvalue weighted by molar-refractivity contribution is -0.118. The monoisotopic (exact) mass is 467 g/mol. The summed E-state index contributed by atoms with van der Waals surface area (Å²) in [7, 11) is 0. The SMILES string of the molecule is CCCC(=O)N1CCc2cc(-c3csc(NC(=O)c4ccccc4-c4ccccc4)n3)ccc21. The van der Waals surface area contributed by atoms with Crippen LogP contribution in [0.3, 0.4) is 0 Å². The smallest absolute Gasteiger partial charge is 0.258 e. The van der Waals surface area contributed by atoms with Crippen LogP contribution in [0.1, 0.15) is 35.7 Å².